The summed E-state index contributed by atoms with van der Waals surface area (Å²) in [6.07, 6.45) is 3.71. The molecule has 1 aromatic carbocycles. The minimum absolute atomic E-state index is 0.154. The Hall–Kier alpha value is -3.18. The van der Waals surface area contributed by atoms with Gasteiger partial charge < -0.3 is 20.3 Å². The molecule has 4 rings (SSSR count). The number of anilines is 1. The molecule has 1 fully saturated rings. The first-order valence-electron chi connectivity index (χ1n) is 10.7. The first-order valence-corrected chi connectivity index (χ1v) is 10.7. The Bertz CT molecular complexity index is 992. The molecule has 2 amide bonds. The van der Waals surface area contributed by atoms with Crippen molar-refractivity contribution in [2.24, 2.45) is 0 Å². The lowest BCUT2D eigenvalue weighted by Crippen LogP contribution is -2.46. The summed E-state index contributed by atoms with van der Waals surface area (Å²) >= 11 is 0. The summed E-state index contributed by atoms with van der Waals surface area (Å²) in [5.41, 5.74) is 2.87. The summed E-state index contributed by atoms with van der Waals surface area (Å²) < 4.78 is 5.41. The van der Waals surface area contributed by atoms with Crippen LogP contribution in [0.4, 0.5) is 10.7 Å². The molecule has 8 nitrogen and oxygen atoms in total. The Morgan fingerprint density at radius 1 is 1.29 bits per heavy atom. The van der Waals surface area contributed by atoms with E-state index >= 15 is 0 Å². The zero-order valence-electron chi connectivity index (χ0n) is 18.2. The summed E-state index contributed by atoms with van der Waals surface area (Å²) in [5, 5.41) is 15.4. The fourth-order valence-corrected chi connectivity index (χ4v) is 4.15. The molecule has 31 heavy (non-hydrogen) atoms. The van der Waals surface area contributed by atoms with Crippen LogP contribution in [0.15, 0.2) is 30.5 Å². The molecular weight excluding hydrogens is 392 g/mol. The van der Waals surface area contributed by atoms with Gasteiger partial charge in [-0.2, -0.15) is 5.26 Å². The highest BCUT2D eigenvalue weighted by atomic mass is 16.5. The Balaban J connectivity index is 1.45. The van der Waals surface area contributed by atoms with Crippen molar-refractivity contribution in [1.82, 2.24) is 20.2 Å². The van der Waals surface area contributed by atoms with Gasteiger partial charge in [0.25, 0.3) is 0 Å². The number of benzene rings is 1. The van der Waals surface area contributed by atoms with Crippen LogP contribution in [0, 0.1) is 11.3 Å². The number of carbonyl (C=O) groups is 1. The van der Waals surface area contributed by atoms with E-state index in [1.54, 1.807) is 17.0 Å². The van der Waals surface area contributed by atoms with Gasteiger partial charge in [0, 0.05) is 31.0 Å². The van der Waals surface area contributed by atoms with Crippen LogP contribution in [0.2, 0.25) is 0 Å². The number of rotatable bonds is 4. The van der Waals surface area contributed by atoms with E-state index in [2.05, 4.69) is 21.7 Å². The quantitative estimate of drug-likeness (QED) is 0.785. The van der Waals surface area contributed by atoms with Crippen molar-refractivity contribution in [3.63, 3.8) is 0 Å². The average Bonchev–Trinajstić information content (AvgIpc) is 3.04. The number of ether oxygens (including phenoxy) is 1. The summed E-state index contributed by atoms with van der Waals surface area (Å²) in [6.45, 7) is 7.89. The number of aromatic nitrogens is 2. The van der Waals surface area contributed by atoms with Crippen molar-refractivity contribution in [3.05, 3.63) is 52.8 Å². The second-order valence-corrected chi connectivity index (χ2v) is 8.64. The smallest absolute Gasteiger partial charge is 0.318 e. The van der Waals surface area contributed by atoms with Crippen LogP contribution >= 0.6 is 0 Å². The molecule has 2 aliphatic rings. The lowest BCUT2D eigenvalue weighted by Gasteiger charge is -2.33. The summed E-state index contributed by atoms with van der Waals surface area (Å²) in [5.74, 6) is 0.606. The van der Waals surface area contributed by atoms with E-state index in [4.69, 9.17) is 15.0 Å². The minimum Gasteiger partial charge on any atom is -0.381 e. The van der Waals surface area contributed by atoms with E-state index < -0.39 is 5.54 Å². The second kappa shape index (κ2) is 8.52. The summed E-state index contributed by atoms with van der Waals surface area (Å²) in [4.78, 5) is 24.1. The molecule has 8 heteroatoms. The highest BCUT2D eigenvalue weighted by Gasteiger charge is 2.42. The number of amides is 2. The third-order valence-corrected chi connectivity index (χ3v) is 6.19. The maximum atomic E-state index is 13.1. The molecule has 2 aliphatic heterocycles. The predicted octanol–water partition coefficient (Wildman–Crippen LogP) is 3.46. The number of hydrogen-bond acceptors (Lipinski definition) is 6. The highest BCUT2D eigenvalue weighted by molar-refractivity contribution is 5.77. The molecule has 0 saturated carbocycles. The zero-order valence-corrected chi connectivity index (χ0v) is 18.2. The first-order chi connectivity index (χ1) is 14.9. The number of nitriles is 1. The third-order valence-electron chi connectivity index (χ3n) is 6.19. The molecular formula is C23H28N6O2. The van der Waals surface area contributed by atoms with Crippen LogP contribution in [0.5, 0.6) is 0 Å². The van der Waals surface area contributed by atoms with Crippen LogP contribution in [0.1, 0.15) is 62.0 Å². The van der Waals surface area contributed by atoms with E-state index in [1.165, 1.54) is 0 Å². The van der Waals surface area contributed by atoms with E-state index in [9.17, 15) is 4.79 Å². The first kappa shape index (κ1) is 21.1. The van der Waals surface area contributed by atoms with Crippen molar-refractivity contribution >= 4 is 12.0 Å². The molecule has 0 radical (unpaired) electrons. The lowest BCUT2D eigenvalue weighted by atomic mass is 9.97. The van der Waals surface area contributed by atoms with Crippen molar-refractivity contribution in [2.75, 3.05) is 18.5 Å². The highest BCUT2D eigenvalue weighted by Crippen LogP contribution is 2.38. The van der Waals surface area contributed by atoms with Crippen LogP contribution in [0.25, 0.3) is 0 Å². The van der Waals surface area contributed by atoms with E-state index in [0.29, 0.717) is 24.1 Å². The van der Waals surface area contributed by atoms with Crippen molar-refractivity contribution < 1.29 is 9.53 Å². The SMILES string of the molecule is C[C@@H](NC(=O)N1Cc2nc(NC3CCOCC3)ncc2C1(C)C)c1ccc(C#N)cc1. The van der Waals surface area contributed by atoms with Gasteiger partial charge in [0.2, 0.25) is 5.95 Å². The molecule has 0 bridgehead atoms. The van der Waals surface area contributed by atoms with Gasteiger partial charge in [-0.05, 0) is 51.3 Å². The van der Waals surface area contributed by atoms with Gasteiger partial charge in [-0.25, -0.2) is 14.8 Å². The van der Waals surface area contributed by atoms with Gasteiger partial charge in [-0.3, -0.25) is 0 Å². The van der Waals surface area contributed by atoms with Crippen molar-refractivity contribution in [3.8, 4) is 6.07 Å². The molecule has 1 saturated heterocycles. The largest absolute Gasteiger partial charge is 0.381 e. The van der Waals surface area contributed by atoms with Crippen LogP contribution in [0.3, 0.4) is 0 Å². The Morgan fingerprint density at radius 3 is 2.68 bits per heavy atom. The lowest BCUT2D eigenvalue weighted by molar-refractivity contribution is 0.0903. The topological polar surface area (TPSA) is 103 Å². The third kappa shape index (κ3) is 4.32. The van der Waals surface area contributed by atoms with E-state index in [0.717, 1.165) is 42.9 Å². The predicted molar refractivity (Wildman–Crippen MR) is 116 cm³/mol. The normalized spacial score (nSPS) is 18.7. The molecule has 0 aliphatic carbocycles. The average molecular weight is 421 g/mol. The molecule has 2 aromatic rings. The fourth-order valence-electron chi connectivity index (χ4n) is 4.15. The fraction of sp³-hybridized carbons (Fsp3) is 0.478. The second-order valence-electron chi connectivity index (χ2n) is 8.64. The van der Waals surface area contributed by atoms with Crippen LogP contribution in [-0.4, -0.2) is 40.2 Å². The van der Waals surface area contributed by atoms with Crippen LogP contribution in [-0.2, 0) is 16.8 Å². The minimum atomic E-state index is -0.513. The summed E-state index contributed by atoms with van der Waals surface area (Å²) in [6, 6.07) is 9.34. The number of hydrogen-bond donors (Lipinski definition) is 2. The Morgan fingerprint density at radius 2 is 2.00 bits per heavy atom. The summed E-state index contributed by atoms with van der Waals surface area (Å²) in [7, 11) is 0. The molecule has 162 valence electrons. The molecule has 0 spiro atoms. The molecule has 2 N–H and O–H groups in total. The maximum absolute atomic E-state index is 13.1. The number of carbonyl (C=O) groups excluding carboxylic acids is 1. The Labute approximate surface area is 182 Å². The zero-order chi connectivity index (χ0) is 22.0. The van der Waals surface area contributed by atoms with Gasteiger partial charge in [0.15, 0.2) is 0 Å². The van der Waals surface area contributed by atoms with E-state index in [-0.39, 0.29) is 12.1 Å². The number of fused-ring (bicyclic) bond motifs is 1. The van der Waals surface area contributed by atoms with Crippen molar-refractivity contribution in [2.45, 2.75) is 57.8 Å². The molecule has 3 heterocycles. The molecule has 1 atom stereocenters. The number of nitrogens with zero attached hydrogens (tertiary/aromatic N) is 4. The molecule has 1 aromatic heterocycles. The van der Waals surface area contributed by atoms with E-state index in [1.807, 2.05) is 39.1 Å². The monoisotopic (exact) mass is 420 g/mol. The van der Waals surface area contributed by atoms with Crippen molar-refractivity contribution in [1.29, 1.82) is 5.26 Å². The molecule has 0 unspecified atom stereocenters. The van der Waals surface area contributed by atoms with Gasteiger partial charge in [-0.15, -0.1) is 0 Å². The van der Waals surface area contributed by atoms with Gasteiger partial charge in [-0.1, -0.05) is 12.1 Å². The standard InChI is InChI=1S/C23H28N6O2/c1-15(17-6-4-16(12-24)5-7-17)26-22(30)29-14-20-19(23(29,2)3)13-25-21(28-20)27-18-8-10-31-11-9-18/h4-7,13,15,18H,8-11,14H2,1-3H3,(H,26,30)(H,25,27,28)/t15-/m1/s1. The number of nitrogens with one attached hydrogen (secondary N) is 2. The number of urea groups is 1. The van der Waals surface area contributed by atoms with Gasteiger partial charge >= 0.3 is 6.03 Å². The Kier molecular flexibility index (Phi) is 5.79. The maximum Gasteiger partial charge on any atom is 0.318 e. The van der Waals surface area contributed by atoms with Crippen LogP contribution < -0.4 is 10.6 Å². The van der Waals surface area contributed by atoms with Gasteiger partial charge in [0.05, 0.1) is 35.5 Å². The van der Waals surface area contributed by atoms with Gasteiger partial charge in [0.1, 0.15) is 0 Å².